The van der Waals surface area contributed by atoms with E-state index in [4.69, 9.17) is 6.42 Å². The summed E-state index contributed by atoms with van der Waals surface area (Å²) >= 11 is 0. The maximum atomic E-state index is 11.6. The van der Waals surface area contributed by atoms with Crippen molar-refractivity contribution in [2.75, 3.05) is 13.6 Å². The number of terminal acetylenes is 1. The second kappa shape index (κ2) is 7.40. The van der Waals surface area contributed by atoms with Crippen LogP contribution in [0.4, 0.5) is 0 Å². The summed E-state index contributed by atoms with van der Waals surface area (Å²) in [5.74, 6) is 2.63. The van der Waals surface area contributed by atoms with Crippen LogP contribution in [0.5, 0.6) is 0 Å². The highest BCUT2D eigenvalue weighted by atomic mass is 16.1. The largest absolute Gasteiger partial charge is 0.352 e. The number of hydrogen-bond donors (Lipinski definition) is 2. The Hall–Kier alpha value is -1.01. The molecule has 0 aliphatic rings. The molecule has 0 aliphatic carbocycles. The predicted octanol–water partition coefficient (Wildman–Crippen LogP) is 0.760. The van der Waals surface area contributed by atoms with Gasteiger partial charge in [0.2, 0.25) is 5.91 Å². The molecule has 2 N–H and O–H groups in total. The van der Waals surface area contributed by atoms with Crippen molar-refractivity contribution < 1.29 is 4.79 Å². The van der Waals surface area contributed by atoms with E-state index in [2.05, 4.69) is 16.6 Å². The smallest absolute Gasteiger partial charge is 0.224 e. The van der Waals surface area contributed by atoms with Gasteiger partial charge in [0.1, 0.15) is 0 Å². The van der Waals surface area contributed by atoms with Crippen LogP contribution in [0.3, 0.4) is 0 Å². The minimum absolute atomic E-state index is 0.00757. The van der Waals surface area contributed by atoms with Gasteiger partial charge in [0.15, 0.2) is 0 Å². The highest BCUT2D eigenvalue weighted by Crippen LogP contribution is 1.99. The third kappa shape index (κ3) is 4.88. The van der Waals surface area contributed by atoms with Crippen LogP contribution < -0.4 is 10.6 Å². The Kier molecular flexibility index (Phi) is 6.87. The number of carbonyl (C=O) groups excluding carboxylic acids is 1. The standard InChI is InChI=1S/C11H20N2O/c1-5-7-10(6-2)13-11(14)9(3)8-12-4/h1,9-10,12H,6-8H2,2-4H3,(H,13,14). The molecule has 0 aromatic carbocycles. The van der Waals surface area contributed by atoms with Crippen molar-refractivity contribution in [2.45, 2.75) is 32.7 Å². The van der Waals surface area contributed by atoms with E-state index in [1.54, 1.807) is 0 Å². The highest BCUT2D eigenvalue weighted by Gasteiger charge is 2.14. The van der Waals surface area contributed by atoms with Crippen molar-refractivity contribution in [2.24, 2.45) is 5.92 Å². The van der Waals surface area contributed by atoms with Crippen molar-refractivity contribution in [1.82, 2.24) is 10.6 Å². The minimum Gasteiger partial charge on any atom is -0.352 e. The van der Waals surface area contributed by atoms with Crippen molar-refractivity contribution in [3.8, 4) is 12.3 Å². The maximum absolute atomic E-state index is 11.6. The molecule has 0 aromatic rings. The number of carbonyl (C=O) groups is 1. The van der Waals surface area contributed by atoms with Gasteiger partial charge in [-0.25, -0.2) is 0 Å². The van der Waals surface area contributed by atoms with E-state index in [9.17, 15) is 4.79 Å². The van der Waals surface area contributed by atoms with Gasteiger partial charge in [-0.1, -0.05) is 13.8 Å². The summed E-state index contributed by atoms with van der Waals surface area (Å²) < 4.78 is 0. The monoisotopic (exact) mass is 196 g/mol. The number of rotatable bonds is 6. The van der Waals surface area contributed by atoms with E-state index < -0.39 is 0 Å². The van der Waals surface area contributed by atoms with Gasteiger partial charge in [-0.05, 0) is 13.5 Å². The Labute approximate surface area is 86.6 Å². The lowest BCUT2D eigenvalue weighted by molar-refractivity contribution is -0.125. The Balaban J connectivity index is 3.96. The Morgan fingerprint density at radius 1 is 1.57 bits per heavy atom. The third-order valence-electron chi connectivity index (χ3n) is 2.16. The molecule has 0 spiro atoms. The van der Waals surface area contributed by atoms with E-state index in [0.29, 0.717) is 13.0 Å². The topological polar surface area (TPSA) is 41.1 Å². The molecule has 1 amide bonds. The van der Waals surface area contributed by atoms with Crippen LogP contribution in [0, 0.1) is 18.3 Å². The summed E-state index contributed by atoms with van der Waals surface area (Å²) in [5.41, 5.74) is 0. The van der Waals surface area contributed by atoms with Gasteiger partial charge in [0.05, 0.1) is 0 Å². The van der Waals surface area contributed by atoms with E-state index in [-0.39, 0.29) is 17.9 Å². The first-order valence-electron chi connectivity index (χ1n) is 5.04. The zero-order valence-corrected chi connectivity index (χ0v) is 9.26. The normalized spacial score (nSPS) is 14.1. The number of nitrogens with one attached hydrogen (secondary N) is 2. The molecular weight excluding hydrogens is 176 g/mol. The van der Waals surface area contributed by atoms with E-state index in [1.807, 2.05) is 20.9 Å². The SMILES string of the molecule is C#CCC(CC)NC(=O)C(C)CNC. The zero-order valence-electron chi connectivity index (χ0n) is 9.26. The van der Waals surface area contributed by atoms with Crippen molar-refractivity contribution in [1.29, 1.82) is 0 Å². The molecule has 0 aliphatic heterocycles. The summed E-state index contributed by atoms with van der Waals surface area (Å²) in [6.07, 6.45) is 6.68. The summed E-state index contributed by atoms with van der Waals surface area (Å²) in [4.78, 5) is 11.6. The van der Waals surface area contributed by atoms with Crippen molar-refractivity contribution in [3.05, 3.63) is 0 Å². The van der Waals surface area contributed by atoms with Crippen LogP contribution in [0.15, 0.2) is 0 Å². The molecule has 80 valence electrons. The lowest BCUT2D eigenvalue weighted by Crippen LogP contribution is -2.40. The summed E-state index contributed by atoms with van der Waals surface area (Å²) in [5, 5.41) is 5.90. The van der Waals surface area contributed by atoms with E-state index >= 15 is 0 Å². The zero-order chi connectivity index (χ0) is 11.0. The highest BCUT2D eigenvalue weighted by molar-refractivity contribution is 5.78. The fourth-order valence-corrected chi connectivity index (χ4v) is 1.18. The Morgan fingerprint density at radius 3 is 2.64 bits per heavy atom. The van der Waals surface area contributed by atoms with Gasteiger partial charge in [-0.3, -0.25) is 4.79 Å². The molecule has 0 radical (unpaired) electrons. The fourth-order valence-electron chi connectivity index (χ4n) is 1.18. The van der Waals surface area contributed by atoms with Crippen molar-refractivity contribution >= 4 is 5.91 Å². The first-order chi connectivity index (χ1) is 6.65. The fraction of sp³-hybridized carbons (Fsp3) is 0.727. The molecule has 2 unspecified atom stereocenters. The van der Waals surface area contributed by atoms with Gasteiger partial charge in [-0.2, -0.15) is 0 Å². The number of amides is 1. The molecule has 0 saturated carbocycles. The molecule has 14 heavy (non-hydrogen) atoms. The van der Waals surface area contributed by atoms with Gasteiger partial charge < -0.3 is 10.6 Å². The van der Waals surface area contributed by atoms with Crippen LogP contribution in [0.1, 0.15) is 26.7 Å². The molecule has 0 fully saturated rings. The molecular formula is C11H20N2O. The minimum atomic E-state index is -0.00757. The third-order valence-corrected chi connectivity index (χ3v) is 2.16. The second-order valence-corrected chi connectivity index (χ2v) is 3.48. The van der Waals surface area contributed by atoms with E-state index in [0.717, 1.165) is 6.42 Å². The second-order valence-electron chi connectivity index (χ2n) is 3.48. The van der Waals surface area contributed by atoms with E-state index in [1.165, 1.54) is 0 Å². The van der Waals surface area contributed by atoms with Gasteiger partial charge in [-0.15, -0.1) is 12.3 Å². The van der Waals surface area contributed by atoms with Crippen LogP contribution in [0.25, 0.3) is 0 Å². The van der Waals surface area contributed by atoms with Crippen molar-refractivity contribution in [3.63, 3.8) is 0 Å². The summed E-state index contributed by atoms with van der Waals surface area (Å²) in [6, 6.07) is 0.117. The molecule has 3 nitrogen and oxygen atoms in total. The summed E-state index contributed by atoms with van der Waals surface area (Å²) in [6.45, 7) is 4.61. The quantitative estimate of drug-likeness (QED) is 0.616. The molecule has 2 atom stereocenters. The van der Waals surface area contributed by atoms with Crippen LogP contribution in [-0.2, 0) is 4.79 Å². The number of hydrogen-bond acceptors (Lipinski definition) is 2. The molecule has 0 bridgehead atoms. The average molecular weight is 196 g/mol. The lowest BCUT2D eigenvalue weighted by atomic mass is 10.1. The lowest BCUT2D eigenvalue weighted by Gasteiger charge is -2.17. The first-order valence-corrected chi connectivity index (χ1v) is 5.04. The predicted molar refractivity (Wildman–Crippen MR) is 58.8 cm³/mol. The Morgan fingerprint density at radius 2 is 2.21 bits per heavy atom. The van der Waals surface area contributed by atoms with Gasteiger partial charge >= 0.3 is 0 Å². The molecule has 0 aromatic heterocycles. The first kappa shape index (κ1) is 13.0. The average Bonchev–Trinajstić information content (AvgIpc) is 2.17. The van der Waals surface area contributed by atoms with Gasteiger partial charge in [0, 0.05) is 24.9 Å². The van der Waals surface area contributed by atoms with Crippen LogP contribution >= 0.6 is 0 Å². The molecule has 3 heteroatoms. The maximum Gasteiger partial charge on any atom is 0.224 e. The molecule has 0 saturated heterocycles. The molecule has 0 heterocycles. The van der Waals surface area contributed by atoms with Crippen LogP contribution in [0.2, 0.25) is 0 Å². The Bertz CT molecular complexity index is 208. The van der Waals surface area contributed by atoms with Gasteiger partial charge in [0.25, 0.3) is 0 Å². The van der Waals surface area contributed by atoms with Crippen LogP contribution in [-0.4, -0.2) is 25.5 Å². The summed E-state index contributed by atoms with van der Waals surface area (Å²) in [7, 11) is 1.84. The molecule has 0 rings (SSSR count).